The van der Waals surface area contributed by atoms with Crippen molar-refractivity contribution in [1.82, 2.24) is 10.2 Å². The molecule has 0 spiro atoms. The first kappa shape index (κ1) is 28.9. The van der Waals surface area contributed by atoms with E-state index in [1.54, 1.807) is 30.0 Å². The van der Waals surface area contributed by atoms with E-state index in [0.717, 1.165) is 5.56 Å². The Morgan fingerprint density at radius 3 is 2.51 bits per heavy atom. The summed E-state index contributed by atoms with van der Waals surface area (Å²) in [6, 6.07) is 12.1. The maximum Gasteiger partial charge on any atom is 0.247 e. The molecule has 1 aliphatic rings. The number of carbonyl (C=O) groups excluding carboxylic acids is 2. The number of nitrogens with zero attached hydrogens (tertiary/aromatic N) is 1. The van der Waals surface area contributed by atoms with Crippen LogP contribution in [0.2, 0.25) is 0 Å². The molecule has 3 atom stereocenters. The first-order chi connectivity index (χ1) is 17.8. The Kier molecular flexibility index (Phi) is 10.7. The number of nitrogens with one attached hydrogen (secondary N) is 1. The highest BCUT2D eigenvalue weighted by Crippen LogP contribution is 2.37. The minimum absolute atomic E-state index is 0.0743. The first-order valence-corrected chi connectivity index (χ1v) is 13.2. The van der Waals surface area contributed by atoms with E-state index in [9.17, 15) is 19.8 Å². The lowest BCUT2D eigenvalue weighted by molar-refractivity contribution is -0.139. The van der Waals surface area contributed by atoms with Gasteiger partial charge in [-0.25, -0.2) is 0 Å². The molecule has 0 heterocycles. The van der Waals surface area contributed by atoms with E-state index in [-0.39, 0.29) is 45.1 Å². The molecule has 0 radical (unpaired) electrons. The maximum atomic E-state index is 13.1. The molecule has 9 nitrogen and oxygen atoms in total. The van der Waals surface area contributed by atoms with Gasteiger partial charge in [0.25, 0.3) is 0 Å². The quantitative estimate of drug-likeness (QED) is 0.282. The van der Waals surface area contributed by atoms with Gasteiger partial charge >= 0.3 is 0 Å². The van der Waals surface area contributed by atoms with Gasteiger partial charge in [-0.05, 0) is 51.9 Å². The van der Waals surface area contributed by atoms with Crippen molar-refractivity contribution in [2.24, 2.45) is 0 Å². The first-order valence-electron chi connectivity index (χ1n) is 12.1. The molecule has 1 aliphatic carbocycles. The standard InChI is InChI=1S/C27H33IN2O7/c1-3-24(33)30(15-17-7-5-4-6-8-17)21-13-19(27(35)29-9-10-31)14-22(25(21)34)37-26-20(28)11-18(16-32)12-23(26)36-2/h4-8,11-12,14,21-22,25,31-32,34H,3,9-10,13,15-16H2,1-2H3,(H,29,35)/t21-,22+,25+/m1/s1. The molecule has 2 aromatic rings. The predicted molar refractivity (Wildman–Crippen MR) is 146 cm³/mol. The fraction of sp³-hybridized carbons (Fsp3) is 0.407. The number of aliphatic hydroxyl groups excluding tert-OH is 3. The Labute approximate surface area is 230 Å². The number of benzene rings is 2. The van der Waals surface area contributed by atoms with Crippen LogP contribution in [-0.2, 0) is 22.7 Å². The van der Waals surface area contributed by atoms with E-state index >= 15 is 0 Å². The van der Waals surface area contributed by atoms with E-state index in [1.807, 2.05) is 30.3 Å². The van der Waals surface area contributed by atoms with Crippen LogP contribution in [0.3, 0.4) is 0 Å². The number of halogens is 1. The van der Waals surface area contributed by atoms with Crippen LogP contribution in [0, 0.1) is 3.57 Å². The summed E-state index contributed by atoms with van der Waals surface area (Å²) in [7, 11) is 1.48. The van der Waals surface area contributed by atoms with E-state index in [4.69, 9.17) is 14.6 Å². The number of aliphatic hydroxyl groups is 3. The van der Waals surface area contributed by atoms with E-state index in [2.05, 4.69) is 27.9 Å². The van der Waals surface area contributed by atoms with Gasteiger partial charge in [-0.3, -0.25) is 9.59 Å². The maximum absolute atomic E-state index is 13.1. The summed E-state index contributed by atoms with van der Waals surface area (Å²) in [5.41, 5.74) is 1.88. The predicted octanol–water partition coefficient (Wildman–Crippen LogP) is 2.15. The zero-order valence-corrected chi connectivity index (χ0v) is 23.1. The minimum atomic E-state index is -1.15. The smallest absolute Gasteiger partial charge is 0.247 e. The summed E-state index contributed by atoms with van der Waals surface area (Å²) in [5, 5.41) is 32.9. The molecule has 10 heteroatoms. The molecule has 4 N–H and O–H groups in total. The number of hydrogen-bond acceptors (Lipinski definition) is 7. The molecule has 37 heavy (non-hydrogen) atoms. The molecule has 0 saturated heterocycles. The SMILES string of the molecule is CCC(=O)N(Cc1ccccc1)[C@@H]1CC(C(=O)NCCO)=C[C@H](Oc2c(I)cc(CO)cc2OC)[C@H]1O. The second kappa shape index (κ2) is 13.8. The van der Waals surface area contributed by atoms with Crippen LogP contribution in [0.25, 0.3) is 0 Å². The largest absolute Gasteiger partial charge is 0.493 e. The summed E-state index contributed by atoms with van der Waals surface area (Å²) in [5.74, 6) is 0.159. The van der Waals surface area contributed by atoms with Crippen molar-refractivity contribution in [1.29, 1.82) is 0 Å². The molecule has 0 aliphatic heterocycles. The van der Waals surface area contributed by atoms with Crippen LogP contribution in [0.1, 0.15) is 30.9 Å². The van der Waals surface area contributed by atoms with Gasteiger partial charge < -0.3 is 35.0 Å². The van der Waals surface area contributed by atoms with Gasteiger partial charge in [-0.2, -0.15) is 0 Å². The number of methoxy groups -OCH3 is 1. The van der Waals surface area contributed by atoms with Crippen molar-refractivity contribution in [2.75, 3.05) is 20.3 Å². The molecular formula is C27H33IN2O7. The lowest BCUT2D eigenvalue weighted by Gasteiger charge is -2.40. The second-order valence-corrected chi connectivity index (χ2v) is 9.81. The monoisotopic (exact) mass is 624 g/mol. The molecule has 2 amide bonds. The highest BCUT2D eigenvalue weighted by molar-refractivity contribution is 14.1. The van der Waals surface area contributed by atoms with Gasteiger partial charge in [-0.1, -0.05) is 37.3 Å². The third kappa shape index (κ3) is 7.22. The fourth-order valence-corrected chi connectivity index (χ4v) is 5.06. The van der Waals surface area contributed by atoms with Gasteiger partial charge in [0.2, 0.25) is 11.8 Å². The molecule has 0 bridgehead atoms. The van der Waals surface area contributed by atoms with Crippen molar-refractivity contribution in [3.05, 3.63) is 68.8 Å². The second-order valence-electron chi connectivity index (χ2n) is 8.64. The third-order valence-corrected chi connectivity index (χ3v) is 6.96. The fourth-order valence-electron chi connectivity index (χ4n) is 4.27. The highest BCUT2D eigenvalue weighted by Gasteiger charge is 2.40. The van der Waals surface area contributed by atoms with E-state index in [1.165, 1.54) is 7.11 Å². The number of ether oxygens (including phenoxy) is 2. The van der Waals surface area contributed by atoms with Crippen LogP contribution in [0.4, 0.5) is 0 Å². The normalized spacial score (nSPS) is 19.1. The molecule has 0 saturated carbocycles. The van der Waals surface area contributed by atoms with E-state index < -0.39 is 24.2 Å². The zero-order valence-electron chi connectivity index (χ0n) is 20.9. The highest BCUT2D eigenvalue weighted by atomic mass is 127. The summed E-state index contributed by atoms with van der Waals surface area (Å²) < 4.78 is 12.4. The van der Waals surface area contributed by atoms with Crippen molar-refractivity contribution in [3.63, 3.8) is 0 Å². The Balaban J connectivity index is 2.01. The summed E-state index contributed by atoms with van der Waals surface area (Å²) in [6.07, 6.45) is -0.216. The zero-order chi connectivity index (χ0) is 26.9. The molecule has 200 valence electrons. The minimum Gasteiger partial charge on any atom is -0.493 e. The van der Waals surface area contributed by atoms with Crippen molar-refractivity contribution in [3.8, 4) is 11.5 Å². The average molecular weight is 624 g/mol. The topological polar surface area (TPSA) is 129 Å². The molecule has 0 unspecified atom stereocenters. The number of rotatable bonds is 11. The summed E-state index contributed by atoms with van der Waals surface area (Å²) in [6.45, 7) is 1.70. The average Bonchev–Trinajstić information content (AvgIpc) is 2.92. The Morgan fingerprint density at radius 2 is 1.89 bits per heavy atom. The molecule has 3 rings (SSSR count). The molecule has 0 fully saturated rings. The van der Waals surface area contributed by atoms with Crippen molar-refractivity contribution >= 4 is 34.4 Å². The lowest BCUT2D eigenvalue weighted by Crippen LogP contribution is -2.54. The molecule has 2 aromatic carbocycles. The molecular weight excluding hydrogens is 591 g/mol. The van der Waals surface area contributed by atoms with Crippen LogP contribution >= 0.6 is 22.6 Å². The van der Waals surface area contributed by atoms with Crippen LogP contribution < -0.4 is 14.8 Å². The number of hydrogen-bond donors (Lipinski definition) is 4. The Morgan fingerprint density at radius 1 is 1.16 bits per heavy atom. The van der Waals surface area contributed by atoms with Crippen molar-refractivity contribution in [2.45, 2.75) is 51.2 Å². The summed E-state index contributed by atoms with van der Waals surface area (Å²) in [4.78, 5) is 27.6. The summed E-state index contributed by atoms with van der Waals surface area (Å²) >= 11 is 2.06. The van der Waals surface area contributed by atoms with Gasteiger partial charge in [0.15, 0.2) is 11.5 Å². The van der Waals surface area contributed by atoms with Gasteiger partial charge in [0, 0.05) is 31.5 Å². The number of carbonyl (C=O) groups is 2. The Bertz CT molecular complexity index is 1110. The van der Waals surface area contributed by atoms with Crippen LogP contribution in [0.5, 0.6) is 11.5 Å². The lowest BCUT2D eigenvalue weighted by atomic mass is 9.87. The number of amides is 2. The van der Waals surface area contributed by atoms with Crippen LogP contribution in [0.15, 0.2) is 54.1 Å². The Hall–Kier alpha value is -2.67. The third-order valence-electron chi connectivity index (χ3n) is 6.16. The van der Waals surface area contributed by atoms with E-state index in [0.29, 0.717) is 26.2 Å². The van der Waals surface area contributed by atoms with Gasteiger partial charge in [0.1, 0.15) is 12.2 Å². The van der Waals surface area contributed by atoms with Gasteiger partial charge in [-0.15, -0.1) is 0 Å². The van der Waals surface area contributed by atoms with Crippen molar-refractivity contribution < 1.29 is 34.4 Å². The molecule has 0 aromatic heterocycles. The van der Waals surface area contributed by atoms with Crippen LogP contribution in [-0.4, -0.2) is 70.5 Å². The van der Waals surface area contributed by atoms with Gasteiger partial charge in [0.05, 0.1) is 29.9 Å².